The van der Waals surface area contributed by atoms with Gasteiger partial charge in [0.25, 0.3) is 0 Å². The second-order valence-electron chi connectivity index (χ2n) is 13.2. The molecule has 2 N–H and O–H groups in total. The number of halogens is 5. The molecule has 0 unspecified atom stereocenters. The van der Waals surface area contributed by atoms with Gasteiger partial charge in [-0.05, 0) is 76.4 Å². The summed E-state index contributed by atoms with van der Waals surface area (Å²) in [6, 6.07) is 42.2. The van der Waals surface area contributed by atoms with Crippen LogP contribution in [0, 0.1) is 0 Å². The first-order chi connectivity index (χ1) is 26.7. The first-order valence-electron chi connectivity index (χ1n) is 17.5. The van der Waals surface area contributed by atoms with Crippen LogP contribution in [0.25, 0.3) is 90.9 Å². The molecule has 55 heavy (non-hydrogen) atoms. The number of aromatic amines is 2. The van der Waals surface area contributed by atoms with Crippen LogP contribution < -0.4 is 0 Å². The van der Waals surface area contributed by atoms with Crippen molar-refractivity contribution in [1.29, 1.82) is 0 Å². The van der Waals surface area contributed by atoms with Crippen molar-refractivity contribution in [3.63, 3.8) is 0 Å². The summed E-state index contributed by atoms with van der Waals surface area (Å²) in [5.74, 6) is -4.80. The van der Waals surface area contributed by atoms with Crippen molar-refractivity contribution < 1.29 is 17.6 Å². The molecule has 3 aromatic heterocycles. The van der Waals surface area contributed by atoms with Crippen LogP contribution in [0.1, 0.15) is 28.3 Å². The molecule has 9 heteroatoms. The van der Waals surface area contributed by atoms with Crippen LogP contribution in [0.4, 0.5) is 17.6 Å². The molecule has 4 aromatic carbocycles. The Kier molecular flexibility index (Phi) is 8.36. The fourth-order valence-electron chi connectivity index (χ4n) is 7.32. The van der Waals surface area contributed by atoms with Gasteiger partial charge in [-0.25, -0.2) is 9.97 Å². The summed E-state index contributed by atoms with van der Waals surface area (Å²) in [7, 11) is 0. The molecule has 0 aliphatic carbocycles. The second kappa shape index (κ2) is 13.4. The van der Waals surface area contributed by atoms with E-state index in [1.54, 1.807) is 42.5 Å². The number of hydrogen-bond donors (Lipinski definition) is 2. The molecule has 0 radical (unpaired) electrons. The van der Waals surface area contributed by atoms with E-state index in [4.69, 9.17) is 21.6 Å². The lowest BCUT2D eigenvalue weighted by Crippen LogP contribution is -2.32. The smallest absolute Gasteiger partial charge is 0.354 e. The van der Waals surface area contributed by atoms with Crippen molar-refractivity contribution in [1.82, 2.24) is 19.9 Å². The molecule has 2 aliphatic heterocycles. The predicted octanol–water partition coefficient (Wildman–Crippen LogP) is 13.2. The molecular formula is C46H29ClF4N4. The minimum atomic E-state index is -4.92. The van der Waals surface area contributed by atoms with Gasteiger partial charge in [-0.2, -0.15) is 17.6 Å². The number of aromatic nitrogens is 4. The van der Waals surface area contributed by atoms with E-state index in [2.05, 4.69) is 9.97 Å². The number of alkyl halides is 5. The number of rotatable bonds is 6. The molecule has 0 amide bonds. The fourth-order valence-corrected chi connectivity index (χ4v) is 7.42. The maximum Gasteiger partial charge on any atom is 0.388 e. The van der Waals surface area contributed by atoms with E-state index in [1.165, 1.54) is 0 Å². The first-order valence-corrected chi connectivity index (χ1v) is 17.9. The average Bonchev–Trinajstić information content (AvgIpc) is 4.03. The lowest BCUT2D eigenvalue weighted by Gasteiger charge is -2.21. The third-order valence-corrected chi connectivity index (χ3v) is 10.0. The van der Waals surface area contributed by atoms with Crippen molar-refractivity contribution in [2.24, 2.45) is 0 Å². The molecule has 9 rings (SSSR count). The number of hydrogen-bond acceptors (Lipinski definition) is 2. The van der Waals surface area contributed by atoms with Gasteiger partial charge in [0.05, 0.1) is 33.9 Å². The van der Waals surface area contributed by atoms with Crippen LogP contribution in [-0.2, 0) is 5.92 Å². The Morgan fingerprint density at radius 2 is 0.800 bits per heavy atom. The Morgan fingerprint density at radius 3 is 1.27 bits per heavy atom. The van der Waals surface area contributed by atoms with Crippen LogP contribution in [0.2, 0.25) is 0 Å². The SMILES string of the molecule is FC(F)(Cl)C(F)(F)c1cc2[nH]c1c(-c1ccccc1)c1nc(c(-c3ccccc3)c3nc(c(-c4ccccc4)c4ccc([nH]4)c2-c2ccccc2)C=C3)C=C1. The van der Waals surface area contributed by atoms with Gasteiger partial charge in [-0.1, -0.05) is 121 Å². The highest BCUT2D eigenvalue weighted by molar-refractivity contribution is 6.22. The summed E-state index contributed by atoms with van der Waals surface area (Å²) < 4.78 is 62.3. The molecule has 4 nitrogen and oxygen atoms in total. The van der Waals surface area contributed by atoms with Crippen molar-refractivity contribution in [3.8, 4) is 44.5 Å². The molecule has 268 valence electrons. The summed E-state index contributed by atoms with van der Waals surface area (Å²) in [4.78, 5) is 17.0. The molecule has 0 saturated heterocycles. The summed E-state index contributed by atoms with van der Waals surface area (Å²) in [6.45, 7) is 0. The third-order valence-electron chi connectivity index (χ3n) is 9.81. The monoisotopic (exact) mass is 748 g/mol. The highest BCUT2D eigenvalue weighted by atomic mass is 35.5. The van der Waals surface area contributed by atoms with E-state index in [9.17, 15) is 8.78 Å². The number of fused-ring (bicyclic) bond motifs is 8. The van der Waals surface area contributed by atoms with Crippen LogP contribution in [-0.4, -0.2) is 25.3 Å². The predicted molar refractivity (Wildman–Crippen MR) is 215 cm³/mol. The Bertz CT molecular complexity index is 2810. The van der Waals surface area contributed by atoms with Gasteiger partial charge in [0.1, 0.15) is 0 Å². The zero-order valence-corrected chi connectivity index (χ0v) is 29.6. The summed E-state index contributed by atoms with van der Waals surface area (Å²) in [6.07, 6.45) is 7.43. The van der Waals surface area contributed by atoms with Gasteiger partial charge >= 0.3 is 11.3 Å². The Balaban J connectivity index is 1.55. The first kappa shape index (κ1) is 34.3. The van der Waals surface area contributed by atoms with Crippen LogP contribution in [0.15, 0.2) is 140 Å². The largest absolute Gasteiger partial charge is 0.388 e. The van der Waals surface area contributed by atoms with E-state index < -0.39 is 16.9 Å². The van der Waals surface area contributed by atoms with Crippen LogP contribution in [0.3, 0.4) is 0 Å². The molecule has 0 atom stereocenters. The van der Waals surface area contributed by atoms with Crippen LogP contribution >= 0.6 is 11.6 Å². The highest BCUT2D eigenvalue weighted by Gasteiger charge is 2.57. The van der Waals surface area contributed by atoms with Gasteiger partial charge in [0, 0.05) is 38.8 Å². The van der Waals surface area contributed by atoms with Gasteiger partial charge in [0.15, 0.2) is 0 Å². The van der Waals surface area contributed by atoms with E-state index in [0.29, 0.717) is 50.4 Å². The van der Waals surface area contributed by atoms with E-state index in [1.807, 2.05) is 115 Å². The Labute approximate surface area is 318 Å². The Hall–Kier alpha value is -6.51. The van der Waals surface area contributed by atoms with Gasteiger partial charge in [-0.3, -0.25) is 0 Å². The van der Waals surface area contributed by atoms with Crippen molar-refractivity contribution in [2.75, 3.05) is 0 Å². The molecular weight excluding hydrogens is 720 g/mol. The lowest BCUT2D eigenvalue weighted by atomic mass is 9.99. The number of nitrogens with one attached hydrogen (secondary N) is 2. The van der Waals surface area contributed by atoms with Gasteiger partial charge < -0.3 is 9.97 Å². The average molecular weight is 749 g/mol. The Morgan fingerprint density at radius 1 is 0.418 bits per heavy atom. The molecule has 2 aliphatic rings. The summed E-state index contributed by atoms with van der Waals surface area (Å²) >= 11 is 5.26. The van der Waals surface area contributed by atoms with Crippen molar-refractivity contribution >= 4 is 58.0 Å². The number of H-pyrrole nitrogens is 2. The standard InChI is InChI=1S/C46H29ClF4N4/c47-46(50,51)45(48,49)32-27-39-42(30-17-9-3-10-18-30)37-24-23-35(53-37)40(28-13-5-1-6-14-28)33-21-22-34(52-33)41(29-15-7-2-8-16-29)36-25-26-38(54-36)43(44(32)55-39)31-19-11-4-12-20-31/h1-27,53,55H. The number of nitrogens with zero attached hydrogens (tertiary/aromatic N) is 2. The second-order valence-corrected chi connectivity index (χ2v) is 13.7. The van der Waals surface area contributed by atoms with E-state index >= 15 is 8.78 Å². The maximum atomic E-state index is 16.2. The summed E-state index contributed by atoms with van der Waals surface area (Å²) in [5, 5.41) is -4.92. The minimum Gasteiger partial charge on any atom is -0.354 e. The molecule has 0 fully saturated rings. The maximum absolute atomic E-state index is 16.2. The molecule has 0 saturated carbocycles. The van der Waals surface area contributed by atoms with Crippen molar-refractivity contribution in [3.05, 3.63) is 168 Å². The van der Waals surface area contributed by atoms with Gasteiger partial charge in [0.2, 0.25) is 0 Å². The zero-order valence-electron chi connectivity index (χ0n) is 28.9. The fraction of sp³-hybridized carbons (Fsp3) is 0.0435. The third kappa shape index (κ3) is 6.05. The molecule has 7 aromatic rings. The quantitative estimate of drug-likeness (QED) is 0.131. The highest BCUT2D eigenvalue weighted by Crippen LogP contribution is 2.50. The lowest BCUT2D eigenvalue weighted by molar-refractivity contribution is -0.163. The molecule has 8 bridgehead atoms. The van der Waals surface area contributed by atoms with Crippen molar-refractivity contribution in [2.45, 2.75) is 11.3 Å². The van der Waals surface area contributed by atoms with E-state index in [0.717, 1.165) is 22.8 Å². The molecule has 5 heterocycles. The minimum absolute atomic E-state index is 0.170. The zero-order chi connectivity index (χ0) is 37.7. The molecule has 0 spiro atoms. The normalized spacial score (nSPS) is 12.7. The van der Waals surface area contributed by atoms with E-state index in [-0.39, 0.29) is 22.3 Å². The summed E-state index contributed by atoms with van der Waals surface area (Å²) in [5.41, 5.74) is 7.45. The number of benzene rings is 4. The topological polar surface area (TPSA) is 57.4 Å². The van der Waals surface area contributed by atoms with Gasteiger partial charge in [-0.15, -0.1) is 0 Å². The van der Waals surface area contributed by atoms with Crippen LogP contribution in [0.5, 0.6) is 0 Å².